The van der Waals surface area contributed by atoms with Crippen molar-refractivity contribution in [2.45, 2.75) is 6.92 Å². The molecule has 3 rings (SSSR count). The predicted octanol–water partition coefficient (Wildman–Crippen LogP) is 2.93. The summed E-state index contributed by atoms with van der Waals surface area (Å²) in [5.74, 6) is 1.51. The van der Waals surface area contributed by atoms with E-state index in [9.17, 15) is 0 Å². The van der Waals surface area contributed by atoms with Gasteiger partial charge < -0.3 is 5.32 Å². The molecule has 0 atom stereocenters. The monoisotopic (exact) mass is 317 g/mol. The van der Waals surface area contributed by atoms with Crippen molar-refractivity contribution in [3.63, 3.8) is 0 Å². The zero-order chi connectivity index (χ0) is 13.4. The number of nitrogens with one attached hydrogen (secondary N) is 1. The Labute approximate surface area is 118 Å². The lowest BCUT2D eigenvalue weighted by molar-refractivity contribution is 0.889. The number of rotatable bonds is 2. The fraction of sp³-hybridized carbons (Fsp3) is 0.154. The lowest BCUT2D eigenvalue weighted by atomic mass is 10.3. The molecule has 19 heavy (non-hydrogen) atoms. The van der Waals surface area contributed by atoms with Gasteiger partial charge in [0.05, 0.1) is 17.3 Å². The maximum atomic E-state index is 4.48. The van der Waals surface area contributed by atoms with Crippen LogP contribution < -0.4 is 5.32 Å². The van der Waals surface area contributed by atoms with Crippen molar-refractivity contribution in [2.24, 2.45) is 0 Å². The van der Waals surface area contributed by atoms with Crippen molar-refractivity contribution in [3.8, 4) is 5.69 Å². The maximum Gasteiger partial charge on any atom is 0.168 e. The van der Waals surface area contributed by atoms with E-state index >= 15 is 0 Å². The van der Waals surface area contributed by atoms with Gasteiger partial charge in [-0.2, -0.15) is 5.10 Å². The molecule has 5 nitrogen and oxygen atoms in total. The van der Waals surface area contributed by atoms with E-state index in [0.29, 0.717) is 5.82 Å². The van der Waals surface area contributed by atoms with Gasteiger partial charge in [-0.25, -0.2) is 14.6 Å². The fourth-order valence-corrected chi connectivity index (χ4v) is 2.39. The van der Waals surface area contributed by atoms with Gasteiger partial charge in [-0.1, -0.05) is 22.0 Å². The fourth-order valence-electron chi connectivity index (χ4n) is 2.00. The number of halogens is 1. The van der Waals surface area contributed by atoms with E-state index in [1.54, 1.807) is 6.20 Å². The lowest BCUT2D eigenvalue weighted by Gasteiger charge is -2.05. The van der Waals surface area contributed by atoms with Crippen molar-refractivity contribution < 1.29 is 0 Å². The van der Waals surface area contributed by atoms with Crippen LogP contribution in [0.15, 0.2) is 34.9 Å². The molecule has 0 bridgehead atoms. The molecule has 0 aliphatic carbocycles. The molecule has 96 valence electrons. The van der Waals surface area contributed by atoms with Crippen molar-refractivity contribution in [2.75, 3.05) is 12.4 Å². The van der Waals surface area contributed by atoms with E-state index in [0.717, 1.165) is 27.0 Å². The van der Waals surface area contributed by atoms with Gasteiger partial charge in [0.1, 0.15) is 11.6 Å². The number of nitrogens with zero attached hydrogens (tertiary/aromatic N) is 4. The third kappa shape index (κ3) is 2.08. The van der Waals surface area contributed by atoms with E-state index < -0.39 is 0 Å². The number of hydrogen-bond donors (Lipinski definition) is 1. The molecule has 0 amide bonds. The van der Waals surface area contributed by atoms with Crippen LogP contribution in [0.25, 0.3) is 16.7 Å². The summed E-state index contributed by atoms with van der Waals surface area (Å²) in [5.41, 5.74) is 1.76. The van der Waals surface area contributed by atoms with Crippen LogP contribution in [0, 0.1) is 6.92 Å². The van der Waals surface area contributed by atoms with Gasteiger partial charge in [0, 0.05) is 11.5 Å². The van der Waals surface area contributed by atoms with Crippen LogP contribution in [-0.2, 0) is 0 Å². The van der Waals surface area contributed by atoms with Crippen molar-refractivity contribution >= 4 is 32.8 Å². The molecule has 0 unspecified atom stereocenters. The largest absolute Gasteiger partial charge is 0.372 e. The lowest BCUT2D eigenvalue weighted by Crippen LogP contribution is -2.01. The SMILES string of the molecule is CNc1nc(C)nc2c1cnn2-c1cccc(Br)c1. The average Bonchev–Trinajstić information content (AvgIpc) is 2.81. The molecule has 3 aromatic rings. The highest BCUT2D eigenvalue weighted by Crippen LogP contribution is 2.23. The van der Waals surface area contributed by atoms with Crippen LogP contribution >= 0.6 is 15.9 Å². The molecule has 0 aliphatic rings. The summed E-state index contributed by atoms with van der Waals surface area (Å²) < 4.78 is 2.82. The second-order valence-corrected chi connectivity index (χ2v) is 5.06. The predicted molar refractivity (Wildman–Crippen MR) is 78.6 cm³/mol. The van der Waals surface area contributed by atoms with Gasteiger partial charge in [-0.05, 0) is 25.1 Å². The first-order chi connectivity index (χ1) is 9.19. The average molecular weight is 318 g/mol. The highest BCUT2D eigenvalue weighted by atomic mass is 79.9. The quantitative estimate of drug-likeness (QED) is 0.789. The number of aromatic nitrogens is 4. The van der Waals surface area contributed by atoms with Gasteiger partial charge >= 0.3 is 0 Å². The van der Waals surface area contributed by atoms with Crippen LogP contribution in [-0.4, -0.2) is 26.8 Å². The molecular formula is C13H12BrN5. The van der Waals surface area contributed by atoms with Crippen molar-refractivity contribution in [1.29, 1.82) is 0 Å². The van der Waals surface area contributed by atoms with Crippen LogP contribution in [0.5, 0.6) is 0 Å². The number of hydrogen-bond acceptors (Lipinski definition) is 4. The maximum absolute atomic E-state index is 4.48. The zero-order valence-electron chi connectivity index (χ0n) is 10.6. The molecule has 0 spiro atoms. The minimum atomic E-state index is 0.716. The van der Waals surface area contributed by atoms with E-state index in [1.807, 2.05) is 42.9 Å². The topological polar surface area (TPSA) is 55.6 Å². The summed E-state index contributed by atoms with van der Waals surface area (Å²) in [6.45, 7) is 1.87. The minimum Gasteiger partial charge on any atom is -0.372 e. The van der Waals surface area contributed by atoms with Crippen molar-refractivity contribution in [1.82, 2.24) is 19.7 Å². The third-order valence-electron chi connectivity index (χ3n) is 2.83. The summed E-state index contributed by atoms with van der Waals surface area (Å²) in [6, 6.07) is 7.95. The summed E-state index contributed by atoms with van der Waals surface area (Å²) in [5, 5.41) is 8.39. The molecular weight excluding hydrogens is 306 g/mol. The van der Waals surface area contributed by atoms with Gasteiger partial charge in [0.15, 0.2) is 5.65 Å². The Balaban J connectivity index is 2.28. The Morgan fingerprint density at radius 2 is 2.11 bits per heavy atom. The third-order valence-corrected chi connectivity index (χ3v) is 3.32. The zero-order valence-corrected chi connectivity index (χ0v) is 12.1. The summed E-state index contributed by atoms with van der Waals surface area (Å²) in [4.78, 5) is 8.84. The second kappa shape index (κ2) is 4.62. The molecule has 1 aromatic carbocycles. The molecule has 0 radical (unpaired) electrons. The Morgan fingerprint density at radius 3 is 2.84 bits per heavy atom. The smallest absolute Gasteiger partial charge is 0.168 e. The first-order valence-corrected chi connectivity index (χ1v) is 6.64. The van der Waals surface area contributed by atoms with E-state index in [1.165, 1.54) is 0 Å². The normalized spacial score (nSPS) is 10.9. The van der Waals surface area contributed by atoms with Crippen LogP contribution in [0.4, 0.5) is 5.82 Å². The van der Waals surface area contributed by atoms with E-state index in [-0.39, 0.29) is 0 Å². The van der Waals surface area contributed by atoms with Gasteiger partial charge in [0.25, 0.3) is 0 Å². The first-order valence-electron chi connectivity index (χ1n) is 5.85. The van der Waals surface area contributed by atoms with Gasteiger partial charge in [0.2, 0.25) is 0 Å². The number of aryl methyl sites for hydroxylation is 1. The minimum absolute atomic E-state index is 0.716. The summed E-state index contributed by atoms with van der Waals surface area (Å²) in [6.07, 6.45) is 1.78. The number of fused-ring (bicyclic) bond motifs is 1. The molecule has 6 heteroatoms. The van der Waals surface area contributed by atoms with E-state index in [2.05, 4.69) is 36.3 Å². The van der Waals surface area contributed by atoms with Crippen LogP contribution in [0.2, 0.25) is 0 Å². The molecule has 2 heterocycles. The van der Waals surface area contributed by atoms with Crippen LogP contribution in [0.3, 0.4) is 0 Å². The molecule has 0 saturated carbocycles. The summed E-state index contributed by atoms with van der Waals surface area (Å²) in [7, 11) is 1.84. The first kappa shape index (κ1) is 12.1. The molecule has 1 N–H and O–H groups in total. The number of anilines is 1. The van der Waals surface area contributed by atoms with Crippen LogP contribution in [0.1, 0.15) is 5.82 Å². The van der Waals surface area contributed by atoms with E-state index in [4.69, 9.17) is 0 Å². The summed E-state index contributed by atoms with van der Waals surface area (Å²) >= 11 is 3.47. The molecule has 0 saturated heterocycles. The number of benzene rings is 1. The Bertz CT molecular complexity index is 750. The van der Waals surface area contributed by atoms with Gasteiger partial charge in [-0.3, -0.25) is 0 Å². The molecule has 0 fully saturated rings. The Hall–Kier alpha value is -1.95. The van der Waals surface area contributed by atoms with Crippen molar-refractivity contribution in [3.05, 3.63) is 40.8 Å². The van der Waals surface area contributed by atoms with Gasteiger partial charge in [-0.15, -0.1) is 0 Å². The second-order valence-electron chi connectivity index (χ2n) is 4.14. The Kier molecular flexibility index (Phi) is 2.94. The highest BCUT2D eigenvalue weighted by Gasteiger charge is 2.11. The standard InChI is InChI=1S/C13H12BrN5/c1-8-17-12(15-2)11-7-16-19(13(11)18-8)10-5-3-4-9(14)6-10/h3-7H,1-2H3,(H,15,17,18). The Morgan fingerprint density at radius 1 is 1.26 bits per heavy atom. The highest BCUT2D eigenvalue weighted by molar-refractivity contribution is 9.10. The molecule has 0 aliphatic heterocycles. The molecule has 2 aromatic heterocycles.